The Morgan fingerprint density at radius 1 is 0.646 bits per heavy atom. The van der Waals surface area contributed by atoms with Crippen LogP contribution in [0.3, 0.4) is 0 Å². The number of benzene rings is 6. The molecular weight excluding hydrogens is 583 g/mol. The smallest absolute Gasteiger partial charge is 0.333 e. The van der Waals surface area contributed by atoms with Gasteiger partial charge in [-0.15, -0.1) is 0 Å². The minimum atomic E-state index is -0.144. The maximum atomic E-state index is 6.55. The van der Waals surface area contributed by atoms with Gasteiger partial charge in [0.2, 0.25) is 0 Å². The van der Waals surface area contributed by atoms with Gasteiger partial charge in [-0.3, -0.25) is 0 Å². The number of furan rings is 1. The summed E-state index contributed by atoms with van der Waals surface area (Å²) in [5, 5.41) is 2.31. The highest BCUT2D eigenvalue weighted by molar-refractivity contribution is 6.93. The van der Waals surface area contributed by atoms with Crippen LogP contribution in [0.1, 0.15) is 56.9 Å². The van der Waals surface area contributed by atoms with Crippen LogP contribution in [0.4, 0.5) is 28.4 Å². The van der Waals surface area contributed by atoms with Gasteiger partial charge in [-0.25, -0.2) is 0 Å². The Labute approximate surface area is 282 Å². The van der Waals surface area contributed by atoms with E-state index in [1.54, 1.807) is 0 Å². The Balaban J connectivity index is 1.34. The first-order valence-electron chi connectivity index (χ1n) is 17.1. The number of hydrogen-bond donors (Lipinski definition) is 0. The van der Waals surface area contributed by atoms with Crippen LogP contribution in [0.15, 0.2) is 120 Å². The maximum absolute atomic E-state index is 6.55. The average molecular weight is 621 g/mol. The second-order valence-electron chi connectivity index (χ2n) is 15.5. The van der Waals surface area contributed by atoms with Gasteiger partial charge < -0.3 is 14.1 Å². The molecule has 0 aliphatic carbocycles. The summed E-state index contributed by atoms with van der Waals surface area (Å²) >= 11 is 0. The van der Waals surface area contributed by atoms with Crippen LogP contribution in [0, 0.1) is 6.92 Å². The van der Waals surface area contributed by atoms with Crippen LogP contribution in [-0.4, -0.2) is 6.85 Å². The van der Waals surface area contributed by atoms with Crippen molar-refractivity contribution in [1.82, 2.24) is 0 Å². The molecule has 6 aromatic carbocycles. The normalized spacial score (nSPS) is 15.3. The molecule has 1 aromatic heterocycles. The van der Waals surface area contributed by atoms with Crippen molar-refractivity contribution in [3.8, 4) is 11.1 Å². The minimum Gasteiger partial charge on any atom is -0.456 e. The topological polar surface area (TPSA) is 19.6 Å². The summed E-state index contributed by atoms with van der Waals surface area (Å²) in [5.41, 5.74) is 18.6. The van der Waals surface area contributed by atoms with E-state index in [4.69, 9.17) is 4.42 Å². The second kappa shape index (κ2) is 9.23. The van der Waals surface area contributed by atoms with Gasteiger partial charge in [0.1, 0.15) is 11.2 Å². The fraction of sp³-hybridized carbons (Fsp3) is 0.182. The Bertz CT molecular complexity index is 2500. The van der Waals surface area contributed by atoms with E-state index in [0.717, 1.165) is 21.9 Å². The summed E-state index contributed by atoms with van der Waals surface area (Å²) < 4.78 is 6.55. The number of para-hydroxylation sites is 3. The van der Waals surface area contributed by atoms with Gasteiger partial charge in [0.05, 0.1) is 5.69 Å². The van der Waals surface area contributed by atoms with Gasteiger partial charge in [-0.05, 0) is 87.5 Å². The highest BCUT2D eigenvalue weighted by Gasteiger charge is 2.49. The van der Waals surface area contributed by atoms with Crippen molar-refractivity contribution < 1.29 is 4.42 Å². The number of rotatable bonds is 1. The zero-order chi connectivity index (χ0) is 32.7. The molecule has 7 aromatic rings. The zero-order valence-corrected chi connectivity index (χ0v) is 28.3. The highest BCUT2D eigenvalue weighted by Crippen LogP contribution is 2.55. The fourth-order valence-electron chi connectivity index (χ4n) is 8.87. The van der Waals surface area contributed by atoms with Crippen LogP contribution in [-0.2, 0) is 10.8 Å². The number of aryl methyl sites for hydroxylation is 1. The largest absolute Gasteiger partial charge is 0.456 e. The van der Waals surface area contributed by atoms with Crippen molar-refractivity contribution in [2.24, 2.45) is 0 Å². The van der Waals surface area contributed by atoms with Crippen molar-refractivity contribution in [2.45, 2.75) is 52.4 Å². The van der Waals surface area contributed by atoms with Crippen LogP contribution in [0.2, 0.25) is 0 Å². The monoisotopic (exact) mass is 620 g/mol. The molecule has 0 atom stereocenters. The van der Waals surface area contributed by atoms with Crippen molar-refractivity contribution in [3.63, 3.8) is 0 Å². The van der Waals surface area contributed by atoms with Gasteiger partial charge in [0, 0.05) is 50.6 Å². The summed E-state index contributed by atoms with van der Waals surface area (Å²) in [6.07, 6.45) is 0. The van der Waals surface area contributed by atoms with E-state index in [-0.39, 0.29) is 17.7 Å². The third kappa shape index (κ3) is 3.55. The molecule has 4 heteroatoms. The zero-order valence-electron chi connectivity index (χ0n) is 28.3. The molecule has 232 valence electrons. The SMILES string of the molecule is Cc1cc2c3c(c1)N1c4ccccc4C(C)(C)c4cccc(c41)B3N(c1ccc(C(C)(C)C)cc1)c1cc3oc4ccccc4c3cc1-2. The van der Waals surface area contributed by atoms with E-state index < -0.39 is 0 Å². The van der Waals surface area contributed by atoms with Crippen LogP contribution in [0.25, 0.3) is 33.1 Å². The molecule has 4 heterocycles. The summed E-state index contributed by atoms with van der Waals surface area (Å²) in [7, 11) is 0. The Morgan fingerprint density at radius 3 is 2.21 bits per heavy atom. The van der Waals surface area contributed by atoms with Gasteiger partial charge in [-0.2, -0.15) is 0 Å². The van der Waals surface area contributed by atoms with Crippen molar-refractivity contribution >= 4 is 68.1 Å². The van der Waals surface area contributed by atoms with E-state index in [9.17, 15) is 0 Å². The fourth-order valence-corrected chi connectivity index (χ4v) is 8.87. The molecule has 10 rings (SSSR count). The van der Waals surface area contributed by atoms with Crippen molar-refractivity contribution in [2.75, 3.05) is 9.71 Å². The molecule has 0 saturated carbocycles. The third-order valence-electron chi connectivity index (χ3n) is 11.2. The van der Waals surface area contributed by atoms with E-state index in [1.165, 1.54) is 72.7 Å². The highest BCUT2D eigenvalue weighted by atomic mass is 16.3. The molecule has 0 fully saturated rings. The lowest BCUT2D eigenvalue weighted by molar-refractivity contribution is 0.590. The van der Waals surface area contributed by atoms with Crippen LogP contribution in [0.5, 0.6) is 0 Å². The van der Waals surface area contributed by atoms with Crippen molar-refractivity contribution in [1.29, 1.82) is 0 Å². The van der Waals surface area contributed by atoms with E-state index in [1.807, 2.05) is 0 Å². The molecular formula is C44H37BN2O. The predicted octanol–water partition coefficient (Wildman–Crippen LogP) is 10.5. The molecule has 48 heavy (non-hydrogen) atoms. The number of fused-ring (bicyclic) bond motifs is 9. The second-order valence-corrected chi connectivity index (χ2v) is 15.5. The lowest BCUT2D eigenvalue weighted by Gasteiger charge is -2.50. The van der Waals surface area contributed by atoms with Gasteiger partial charge in [0.15, 0.2) is 0 Å². The molecule has 3 nitrogen and oxygen atoms in total. The summed E-state index contributed by atoms with van der Waals surface area (Å²) in [5.74, 6) is 0. The van der Waals surface area contributed by atoms with Gasteiger partial charge in [-0.1, -0.05) is 107 Å². The van der Waals surface area contributed by atoms with Gasteiger partial charge in [0.25, 0.3) is 0 Å². The quantitative estimate of drug-likeness (QED) is 0.170. The first-order chi connectivity index (χ1) is 23.1. The molecule has 0 bridgehead atoms. The molecule has 3 aliphatic rings. The van der Waals surface area contributed by atoms with Crippen molar-refractivity contribution in [3.05, 3.63) is 138 Å². The number of anilines is 5. The maximum Gasteiger partial charge on any atom is 0.333 e. The Morgan fingerprint density at radius 2 is 1.40 bits per heavy atom. The van der Waals surface area contributed by atoms with E-state index >= 15 is 0 Å². The number of hydrogen-bond acceptors (Lipinski definition) is 3. The summed E-state index contributed by atoms with van der Waals surface area (Å²) in [4.78, 5) is 5.17. The lowest BCUT2D eigenvalue weighted by Crippen LogP contribution is -2.62. The first kappa shape index (κ1) is 27.9. The molecule has 0 N–H and O–H groups in total. The Kier molecular flexibility index (Phi) is 5.36. The van der Waals surface area contributed by atoms with Gasteiger partial charge >= 0.3 is 6.85 Å². The molecule has 0 unspecified atom stereocenters. The summed E-state index contributed by atoms with van der Waals surface area (Å²) in [6, 6.07) is 43.2. The van der Waals surface area contributed by atoms with Crippen LogP contribution < -0.4 is 20.6 Å². The Hall–Kier alpha value is -5.22. The molecule has 0 amide bonds. The molecule has 3 aliphatic heterocycles. The molecule has 0 radical (unpaired) electrons. The minimum absolute atomic E-state index is 0.0160. The van der Waals surface area contributed by atoms with E-state index in [0.29, 0.717) is 0 Å². The average Bonchev–Trinajstić information content (AvgIpc) is 3.44. The standard InChI is InChI=1S/C44H37BN2O/c1-26-22-32-30-24-31-29-12-7-10-17-39(29)48-40(31)25-37(30)47(28-20-18-27(19-21-28)43(2,3)4)45-35-15-11-14-34-42(35)46(38(23-26)41(32)45)36-16-9-8-13-33(36)44(34,5)6/h7-25H,1-6H3. The summed E-state index contributed by atoms with van der Waals surface area (Å²) in [6.45, 7) is 13.8. The lowest BCUT2D eigenvalue weighted by atomic mass is 9.42. The number of nitrogens with zero attached hydrogens (tertiary/aromatic N) is 2. The molecule has 0 spiro atoms. The van der Waals surface area contributed by atoms with Crippen LogP contribution >= 0.6 is 0 Å². The predicted molar refractivity (Wildman–Crippen MR) is 203 cm³/mol. The third-order valence-corrected chi connectivity index (χ3v) is 11.2. The molecule has 0 saturated heterocycles. The first-order valence-corrected chi connectivity index (χ1v) is 17.1. The van der Waals surface area contributed by atoms with E-state index in [2.05, 4.69) is 167 Å².